The van der Waals surface area contributed by atoms with E-state index in [2.05, 4.69) is 24.5 Å². The minimum atomic E-state index is 0.801. The lowest BCUT2D eigenvalue weighted by molar-refractivity contribution is 1.11. The number of thiol groups is 1. The fourth-order valence-corrected chi connectivity index (χ4v) is 1.21. The van der Waals surface area contributed by atoms with Crippen LogP contribution in [-0.4, -0.2) is 4.98 Å². The number of aryl methyl sites for hydroxylation is 1. The van der Waals surface area contributed by atoms with Gasteiger partial charge in [-0.3, -0.25) is 4.98 Å². The first kappa shape index (κ1) is 7.61. The molecular weight excluding hydrogens is 142 g/mol. The Morgan fingerprint density at radius 1 is 1.50 bits per heavy atom. The molecule has 10 heavy (non-hydrogen) atoms. The van der Waals surface area contributed by atoms with E-state index < -0.39 is 0 Å². The van der Waals surface area contributed by atoms with Crippen molar-refractivity contribution in [2.75, 3.05) is 0 Å². The first-order valence-electron chi connectivity index (χ1n) is 3.27. The van der Waals surface area contributed by atoms with Crippen molar-refractivity contribution in [3.8, 4) is 0 Å². The van der Waals surface area contributed by atoms with E-state index in [1.165, 1.54) is 11.1 Å². The van der Waals surface area contributed by atoms with E-state index in [-0.39, 0.29) is 0 Å². The summed E-state index contributed by atoms with van der Waals surface area (Å²) >= 11 is 4.20. The van der Waals surface area contributed by atoms with Crippen LogP contribution in [0, 0.1) is 13.8 Å². The first-order chi connectivity index (χ1) is 4.75. The van der Waals surface area contributed by atoms with Gasteiger partial charge in [0.15, 0.2) is 0 Å². The third kappa shape index (κ3) is 1.32. The molecular formula is C8H11NS. The van der Waals surface area contributed by atoms with Crippen molar-refractivity contribution >= 4 is 12.6 Å². The van der Waals surface area contributed by atoms with E-state index in [1.807, 2.05) is 19.2 Å². The van der Waals surface area contributed by atoms with Crippen molar-refractivity contribution in [3.63, 3.8) is 0 Å². The second-order valence-electron chi connectivity index (χ2n) is 2.34. The molecule has 1 aromatic rings. The molecule has 1 aromatic heterocycles. The highest BCUT2D eigenvalue weighted by molar-refractivity contribution is 7.79. The Balaban J connectivity index is 3.14. The SMILES string of the molecule is Cc1nccc(CS)c1C. The number of hydrogen-bond donors (Lipinski definition) is 1. The van der Waals surface area contributed by atoms with Gasteiger partial charge in [-0.25, -0.2) is 0 Å². The molecule has 0 amide bonds. The van der Waals surface area contributed by atoms with Gasteiger partial charge < -0.3 is 0 Å². The zero-order valence-electron chi connectivity index (χ0n) is 6.26. The van der Waals surface area contributed by atoms with Crippen LogP contribution in [0.2, 0.25) is 0 Å². The highest BCUT2D eigenvalue weighted by atomic mass is 32.1. The van der Waals surface area contributed by atoms with E-state index in [9.17, 15) is 0 Å². The number of rotatable bonds is 1. The van der Waals surface area contributed by atoms with Crippen molar-refractivity contribution in [3.05, 3.63) is 29.1 Å². The van der Waals surface area contributed by atoms with Gasteiger partial charge in [-0.1, -0.05) is 0 Å². The Kier molecular flexibility index (Phi) is 2.33. The average molecular weight is 153 g/mol. The van der Waals surface area contributed by atoms with Gasteiger partial charge in [-0.2, -0.15) is 12.6 Å². The Bertz CT molecular complexity index is 233. The molecule has 1 rings (SSSR count). The van der Waals surface area contributed by atoms with Gasteiger partial charge in [0.25, 0.3) is 0 Å². The maximum absolute atomic E-state index is 4.20. The van der Waals surface area contributed by atoms with Crippen LogP contribution < -0.4 is 0 Å². The maximum atomic E-state index is 4.20. The van der Waals surface area contributed by atoms with Gasteiger partial charge in [0.2, 0.25) is 0 Å². The highest BCUT2D eigenvalue weighted by Crippen LogP contribution is 2.11. The molecule has 0 aliphatic rings. The van der Waals surface area contributed by atoms with Crippen LogP contribution in [0.3, 0.4) is 0 Å². The van der Waals surface area contributed by atoms with Crippen LogP contribution in [0.15, 0.2) is 12.3 Å². The minimum Gasteiger partial charge on any atom is -0.261 e. The molecule has 0 bridgehead atoms. The van der Waals surface area contributed by atoms with Crippen molar-refractivity contribution in [1.29, 1.82) is 0 Å². The summed E-state index contributed by atoms with van der Waals surface area (Å²) in [6, 6.07) is 2.01. The van der Waals surface area contributed by atoms with Crippen molar-refractivity contribution < 1.29 is 0 Å². The lowest BCUT2D eigenvalue weighted by Crippen LogP contribution is -1.90. The van der Waals surface area contributed by atoms with E-state index in [0.29, 0.717) is 0 Å². The lowest BCUT2D eigenvalue weighted by Gasteiger charge is -2.02. The van der Waals surface area contributed by atoms with Crippen LogP contribution in [0.1, 0.15) is 16.8 Å². The van der Waals surface area contributed by atoms with Gasteiger partial charge in [-0.15, -0.1) is 0 Å². The standard InChI is InChI=1S/C8H11NS/c1-6-7(2)9-4-3-8(6)5-10/h3-4,10H,5H2,1-2H3. The number of hydrogen-bond acceptors (Lipinski definition) is 2. The minimum absolute atomic E-state index is 0.801. The van der Waals surface area contributed by atoms with E-state index >= 15 is 0 Å². The quantitative estimate of drug-likeness (QED) is 0.610. The summed E-state index contributed by atoms with van der Waals surface area (Å²) in [5.74, 6) is 0.801. The summed E-state index contributed by atoms with van der Waals surface area (Å²) in [5, 5.41) is 0. The predicted molar refractivity (Wildman–Crippen MR) is 46.4 cm³/mol. The average Bonchev–Trinajstić information content (AvgIpc) is 1.95. The molecule has 1 nitrogen and oxygen atoms in total. The number of aromatic nitrogens is 1. The van der Waals surface area contributed by atoms with E-state index in [1.54, 1.807) is 0 Å². The fourth-order valence-electron chi connectivity index (χ4n) is 0.865. The van der Waals surface area contributed by atoms with Gasteiger partial charge in [0.05, 0.1) is 0 Å². The Morgan fingerprint density at radius 3 is 2.70 bits per heavy atom. The van der Waals surface area contributed by atoms with Gasteiger partial charge in [0, 0.05) is 17.6 Å². The third-order valence-corrected chi connectivity index (χ3v) is 2.08. The summed E-state index contributed by atoms with van der Waals surface area (Å²) < 4.78 is 0. The molecule has 1 heterocycles. The van der Waals surface area contributed by atoms with Crippen LogP contribution >= 0.6 is 12.6 Å². The Hall–Kier alpha value is -0.500. The molecule has 0 spiro atoms. The third-order valence-electron chi connectivity index (χ3n) is 1.74. The predicted octanol–water partition coefficient (Wildman–Crippen LogP) is 2.13. The Morgan fingerprint density at radius 2 is 2.20 bits per heavy atom. The molecule has 0 unspecified atom stereocenters. The zero-order chi connectivity index (χ0) is 7.56. The molecule has 0 saturated heterocycles. The van der Waals surface area contributed by atoms with E-state index in [4.69, 9.17) is 0 Å². The molecule has 54 valence electrons. The summed E-state index contributed by atoms with van der Waals surface area (Å²) in [6.45, 7) is 4.09. The highest BCUT2D eigenvalue weighted by Gasteiger charge is 1.97. The van der Waals surface area contributed by atoms with Crippen LogP contribution in [0.4, 0.5) is 0 Å². The van der Waals surface area contributed by atoms with Crippen LogP contribution in [0.25, 0.3) is 0 Å². The molecule has 0 aliphatic carbocycles. The summed E-state index contributed by atoms with van der Waals surface area (Å²) in [4.78, 5) is 4.15. The number of nitrogens with zero attached hydrogens (tertiary/aromatic N) is 1. The van der Waals surface area contributed by atoms with Gasteiger partial charge in [-0.05, 0) is 31.0 Å². The molecule has 0 fully saturated rings. The van der Waals surface area contributed by atoms with Crippen LogP contribution in [0.5, 0.6) is 0 Å². The lowest BCUT2D eigenvalue weighted by atomic mass is 10.1. The monoisotopic (exact) mass is 153 g/mol. The number of pyridine rings is 1. The molecule has 0 N–H and O–H groups in total. The van der Waals surface area contributed by atoms with E-state index in [0.717, 1.165) is 11.4 Å². The van der Waals surface area contributed by atoms with Gasteiger partial charge >= 0.3 is 0 Å². The summed E-state index contributed by atoms with van der Waals surface area (Å²) in [6.07, 6.45) is 1.83. The second kappa shape index (κ2) is 3.06. The maximum Gasteiger partial charge on any atom is 0.0404 e. The molecule has 0 saturated carbocycles. The largest absolute Gasteiger partial charge is 0.261 e. The summed E-state index contributed by atoms with van der Waals surface area (Å²) in [7, 11) is 0. The first-order valence-corrected chi connectivity index (χ1v) is 3.91. The summed E-state index contributed by atoms with van der Waals surface area (Å²) in [5.41, 5.74) is 3.64. The smallest absolute Gasteiger partial charge is 0.0404 e. The van der Waals surface area contributed by atoms with Crippen molar-refractivity contribution in [2.24, 2.45) is 0 Å². The molecule has 0 aromatic carbocycles. The molecule has 0 atom stereocenters. The fraction of sp³-hybridized carbons (Fsp3) is 0.375. The second-order valence-corrected chi connectivity index (χ2v) is 2.65. The zero-order valence-corrected chi connectivity index (χ0v) is 7.15. The Labute approximate surface area is 66.9 Å². The molecule has 2 heteroatoms. The van der Waals surface area contributed by atoms with Gasteiger partial charge in [0.1, 0.15) is 0 Å². The molecule has 0 aliphatic heterocycles. The topological polar surface area (TPSA) is 12.9 Å². The van der Waals surface area contributed by atoms with Crippen molar-refractivity contribution in [1.82, 2.24) is 4.98 Å². The van der Waals surface area contributed by atoms with Crippen LogP contribution in [-0.2, 0) is 5.75 Å². The van der Waals surface area contributed by atoms with Crippen molar-refractivity contribution in [2.45, 2.75) is 19.6 Å². The molecule has 0 radical (unpaired) electrons. The normalized spacial score (nSPS) is 9.90.